The Morgan fingerprint density at radius 3 is 2.16 bits per heavy atom. The first-order chi connectivity index (χ1) is 17.7. The van der Waals surface area contributed by atoms with E-state index in [0.29, 0.717) is 9.63 Å². The molecule has 0 fully saturated rings. The number of carbonyl (C=O) groups is 1. The molecule has 1 atom stereocenters. The van der Waals surface area contributed by atoms with Gasteiger partial charge in [0.25, 0.3) is 21.5 Å². The van der Waals surface area contributed by atoms with Gasteiger partial charge in [0.15, 0.2) is 0 Å². The average Bonchev–Trinajstić information content (AvgIpc) is 2.81. The number of nitrogens with zero attached hydrogens (tertiary/aromatic N) is 2. The molecule has 3 rings (SSSR count). The van der Waals surface area contributed by atoms with Crippen molar-refractivity contribution in [2.24, 2.45) is 0 Å². The van der Waals surface area contributed by atoms with Crippen molar-refractivity contribution in [3.63, 3.8) is 0 Å². The number of aromatic nitrogens is 2. The summed E-state index contributed by atoms with van der Waals surface area (Å²) in [7, 11) is -3.46. The van der Waals surface area contributed by atoms with Gasteiger partial charge in [0.2, 0.25) is 0 Å². The average molecular weight is 560 g/mol. The number of H-pyrrole nitrogens is 1. The van der Waals surface area contributed by atoms with Gasteiger partial charge in [-0.1, -0.05) is 0 Å². The summed E-state index contributed by atoms with van der Waals surface area (Å²) in [6.07, 6.45) is -5.49. The van der Waals surface area contributed by atoms with Crippen molar-refractivity contribution in [2.45, 2.75) is 30.1 Å². The number of amides is 1. The highest BCUT2D eigenvalue weighted by Crippen LogP contribution is 2.25. The second kappa shape index (κ2) is 11.2. The van der Waals surface area contributed by atoms with Gasteiger partial charge in [-0.2, -0.15) is 18.2 Å². The number of nitrogens with one attached hydrogen (secondary N) is 2. The third kappa shape index (κ3) is 7.05. The lowest BCUT2D eigenvalue weighted by Gasteiger charge is -2.22. The predicted octanol–water partition coefficient (Wildman–Crippen LogP) is 2.07. The Bertz CT molecular complexity index is 1490. The molecular weight excluding hydrogens is 540 g/mol. The smallest absolute Gasteiger partial charge is 0.431 e. The number of rotatable bonds is 9. The van der Waals surface area contributed by atoms with Gasteiger partial charge in [-0.3, -0.25) is 14.2 Å². The molecule has 1 aromatic heterocycles. The summed E-state index contributed by atoms with van der Waals surface area (Å²) in [6, 6.07) is 8.40. The van der Waals surface area contributed by atoms with Crippen LogP contribution in [0.4, 0.5) is 17.6 Å². The maximum absolute atomic E-state index is 13.0. The quantitative estimate of drug-likeness (QED) is 0.266. The van der Waals surface area contributed by atoms with Gasteiger partial charge in [0.1, 0.15) is 29.1 Å². The minimum atomic E-state index is -4.97. The number of sulfonamides is 1. The van der Waals surface area contributed by atoms with Crippen molar-refractivity contribution >= 4 is 15.9 Å². The molecule has 11 nitrogen and oxygen atoms in total. The summed E-state index contributed by atoms with van der Waals surface area (Å²) in [5.74, 6) is -1.21. The molecule has 1 unspecified atom stereocenters. The van der Waals surface area contributed by atoms with Crippen LogP contribution in [-0.4, -0.2) is 47.2 Å². The van der Waals surface area contributed by atoms with Crippen LogP contribution in [0, 0.1) is 5.82 Å². The highest BCUT2D eigenvalue weighted by Gasteiger charge is 2.33. The van der Waals surface area contributed by atoms with Crippen molar-refractivity contribution < 1.29 is 40.7 Å². The highest BCUT2D eigenvalue weighted by atomic mass is 32.2. The van der Waals surface area contributed by atoms with Crippen LogP contribution in [0.5, 0.6) is 11.5 Å². The number of carbonyl (C=O) groups excluding carboxylic acids is 1. The van der Waals surface area contributed by atoms with Gasteiger partial charge in [0, 0.05) is 19.7 Å². The number of benzene rings is 2. The van der Waals surface area contributed by atoms with E-state index in [-0.39, 0.29) is 22.5 Å². The van der Waals surface area contributed by atoms with Crippen LogP contribution in [0.1, 0.15) is 12.1 Å². The monoisotopic (exact) mass is 560 g/mol. The number of hydrogen-bond donors (Lipinski definition) is 3. The van der Waals surface area contributed by atoms with E-state index >= 15 is 0 Å². The molecule has 1 amide bonds. The predicted molar refractivity (Wildman–Crippen MR) is 123 cm³/mol. The SMILES string of the molecule is CN(O)C(CCn1c(=O)cc(C(F)(F)F)[nH]c1=O)C(=O)NS(=O)(=O)c1ccc(Oc2ccc(F)cc2)cc1. The summed E-state index contributed by atoms with van der Waals surface area (Å²) >= 11 is 0. The number of hydroxylamine groups is 2. The van der Waals surface area contributed by atoms with Gasteiger partial charge in [-0.15, -0.1) is 0 Å². The molecule has 0 radical (unpaired) electrons. The molecule has 2 aromatic carbocycles. The van der Waals surface area contributed by atoms with E-state index in [2.05, 4.69) is 0 Å². The molecule has 16 heteroatoms. The van der Waals surface area contributed by atoms with E-state index in [1.807, 2.05) is 0 Å². The molecule has 0 saturated carbocycles. The van der Waals surface area contributed by atoms with Crippen molar-refractivity contribution in [1.29, 1.82) is 0 Å². The summed E-state index contributed by atoms with van der Waals surface area (Å²) in [4.78, 5) is 37.7. The Morgan fingerprint density at radius 2 is 1.66 bits per heavy atom. The summed E-state index contributed by atoms with van der Waals surface area (Å²) < 4.78 is 84.2. The number of alkyl halides is 3. The van der Waals surface area contributed by atoms with Crippen molar-refractivity contribution in [1.82, 2.24) is 19.3 Å². The van der Waals surface area contributed by atoms with Gasteiger partial charge in [-0.25, -0.2) is 22.3 Å². The Hall–Kier alpha value is -4.02. The Labute approximate surface area is 211 Å². The Morgan fingerprint density at radius 1 is 1.11 bits per heavy atom. The molecule has 0 bridgehead atoms. The lowest BCUT2D eigenvalue weighted by Crippen LogP contribution is -2.47. The fourth-order valence-electron chi connectivity index (χ4n) is 3.21. The van der Waals surface area contributed by atoms with Crippen LogP contribution in [0.15, 0.2) is 69.1 Å². The lowest BCUT2D eigenvalue weighted by atomic mass is 10.2. The molecule has 0 aliphatic rings. The summed E-state index contributed by atoms with van der Waals surface area (Å²) in [5.41, 5.74) is -4.27. The number of hydrogen-bond acceptors (Lipinski definition) is 8. The summed E-state index contributed by atoms with van der Waals surface area (Å²) in [6.45, 7) is -0.620. The van der Waals surface area contributed by atoms with Crippen molar-refractivity contribution in [3.05, 3.63) is 86.9 Å². The number of halogens is 4. The normalized spacial score (nSPS) is 12.8. The Kier molecular flexibility index (Phi) is 8.38. The van der Waals surface area contributed by atoms with E-state index in [9.17, 15) is 45.6 Å². The molecule has 3 N–H and O–H groups in total. The molecule has 1 heterocycles. The number of aromatic amines is 1. The summed E-state index contributed by atoms with van der Waals surface area (Å²) in [5, 5.41) is 10.2. The molecule has 0 aliphatic carbocycles. The third-order valence-corrected chi connectivity index (χ3v) is 6.49. The van der Waals surface area contributed by atoms with Crippen LogP contribution in [-0.2, 0) is 27.5 Å². The van der Waals surface area contributed by atoms with E-state index in [0.717, 1.165) is 19.2 Å². The molecular formula is C22H20F4N4O7S. The van der Waals surface area contributed by atoms with Gasteiger partial charge in [-0.05, 0) is 55.0 Å². The standard InChI is InChI=1S/C22H20F4N4O7S/c1-29(34)17(10-11-30-19(31)12-18(22(24,25)26)27-21(30)33)20(32)28-38(35,36)16-8-6-15(7-9-16)37-14-4-2-13(23)3-5-14/h2-9,12,17,34H,10-11H2,1H3,(H,27,33)(H,28,32). The van der Waals surface area contributed by atoms with Gasteiger partial charge >= 0.3 is 11.9 Å². The maximum atomic E-state index is 13.0. The van der Waals surface area contributed by atoms with E-state index in [4.69, 9.17) is 4.74 Å². The second-order valence-corrected chi connectivity index (χ2v) is 9.53. The first-order valence-electron chi connectivity index (χ1n) is 10.6. The minimum absolute atomic E-state index is 0.160. The fraction of sp³-hybridized carbons (Fsp3) is 0.227. The molecule has 0 saturated heterocycles. The lowest BCUT2D eigenvalue weighted by molar-refractivity contribution is -0.146. The fourth-order valence-corrected chi connectivity index (χ4v) is 4.22. The maximum Gasteiger partial charge on any atom is 0.431 e. The van der Waals surface area contributed by atoms with E-state index in [1.165, 1.54) is 41.4 Å². The van der Waals surface area contributed by atoms with Crippen LogP contribution in [0.3, 0.4) is 0 Å². The zero-order valence-corrected chi connectivity index (χ0v) is 20.2. The topological polar surface area (TPSA) is 151 Å². The minimum Gasteiger partial charge on any atom is -0.457 e. The van der Waals surface area contributed by atoms with E-state index < -0.39 is 63.9 Å². The van der Waals surface area contributed by atoms with E-state index in [1.54, 1.807) is 4.72 Å². The second-order valence-electron chi connectivity index (χ2n) is 7.85. The van der Waals surface area contributed by atoms with Crippen molar-refractivity contribution in [2.75, 3.05) is 7.05 Å². The molecule has 0 spiro atoms. The van der Waals surface area contributed by atoms with Crippen LogP contribution >= 0.6 is 0 Å². The van der Waals surface area contributed by atoms with Crippen molar-refractivity contribution in [3.8, 4) is 11.5 Å². The zero-order chi connectivity index (χ0) is 28.3. The molecule has 0 aliphatic heterocycles. The first kappa shape index (κ1) is 28.5. The van der Waals surface area contributed by atoms with Gasteiger partial charge in [0.05, 0.1) is 4.90 Å². The largest absolute Gasteiger partial charge is 0.457 e. The van der Waals surface area contributed by atoms with Crippen LogP contribution in [0.2, 0.25) is 0 Å². The third-order valence-electron chi connectivity index (χ3n) is 5.12. The van der Waals surface area contributed by atoms with Gasteiger partial charge < -0.3 is 14.9 Å². The number of ether oxygens (including phenoxy) is 1. The zero-order valence-electron chi connectivity index (χ0n) is 19.4. The van der Waals surface area contributed by atoms with Crippen LogP contribution in [0.25, 0.3) is 0 Å². The Balaban J connectivity index is 1.70. The number of likely N-dealkylation sites (N-methyl/N-ethyl adjacent to an activating group) is 1. The first-order valence-corrected chi connectivity index (χ1v) is 12.1. The molecule has 3 aromatic rings. The molecule has 204 valence electrons. The van der Waals surface area contributed by atoms with Crippen LogP contribution < -0.4 is 20.7 Å². The molecule has 38 heavy (non-hydrogen) atoms. The highest BCUT2D eigenvalue weighted by molar-refractivity contribution is 7.90.